The second kappa shape index (κ2) is 8.34. The SMILES string of the molecule is COCCNCc1ccc(OCc2csc(C)n2)c(Cl)c1. The lowest BCUT2D eigenvalue weighted by Gasteiger charge is -2.09. The minimum absolute atomic E-state index is 0.440. The summed E-state index contributed by atoms with van der Waals surface area (Å²) in [6, 6.07) is 5.82. The summed E-state index contributed by atoms with van der Waals surface area (Å²) >= 11 is 7.86. The Morgan fingerprint density at radius 2 is 2.24 bits per heavy atom. The molecule has 0 bridgehead atoms. The van der Waals surface area contributed by atoms with Crippen molar-refractivity contribution in [1.29, 1.82) is 0 Å². The van der Waals surface area contributed by atoms with Gasteiger partial charge in [-0.1, -0.05) is 17.7 Å². The van der Waals surface area contributed by atoms with Crippen molar-refractivity contribution in [2.24, 2.45) is 0 Å². The van der Waals surface area contributed by atoms with E-state index in [-0.39, 0.29) is 0 Å². The first-order valence-electron chi connectivity index (χ1n) is 6.71. The van der Waals surface area contributed by atoms with Crippen LogP contribution in [0.2, 0.25) is 5.02 Å². The van der Waals surface area contributed by atoms with Gasteiger partial charge in [0, 0.05) is 25.6 Å². The minimum Gasteiger partial charge on any atom is -0.486 e. The number of halogens is 1. The van der Waals surface area contributed by atoms with Crippen LogP contribution in [0.15, 0.2) is 23.6 Å². The number of rotatable bonds is 8. The van der Waals surface area contributed by atoms with Crippen molar-refractivity contribution in [2.75, 3.05) is 20.3 Å². The van der Waals surface area contributed by atoms with Gasteiger partial charge in [-0.05, 0) is 24.6 Å². The number of methoxy groups -OCH3 is 1. The van der Waals surface area contributed by atoms with Gasteiger partial charge in [0.15, 0.2) is 0 Å². The molecule has 0 atom stereocenters. The largest absolute Gasteiger partial charge is 0.486 e. The lowest BCUT2D eigenvalue weighted by Crippen LogP contribution is -2.18. The van der Waals surface area contributed by atoms with E-state index in [9.17, 15) is 0 Å². The molecule has 0 saturated heterocycles. The Bertz CT molecular complexity index is 575. The molecule has 4 nitrogen and oxygen atoms in total. The van der Waals surface area contributed by atoms with Crippen molar-refractivity contribution in [3.8, 4) is 5.75 Å². The van der Waals surface area contributed by atoms with Crippen LogP contribution in [0.5, 0.6) is 5.75 Å². The fraction of sp³-hybridized carbons (Fsp3) is 0.400. The van der Waals surface area contributed by atoms with Gasteiger partial charge in [-0.15, -0.1) is 11.3 Å². The Labute approximate surface area is 134 Å². The monoisotopic (exact) mass is 326 g/mol. The van der Waals surface area contributed by atoms with E-state index in [0.29, 0.717) is 24.0 Å². The van der Waals surface area contributed by atoms with E-state index in [2.05, 4.69) is 10.3 Å². The lowest BCUT2D eigenvalue weighted by atomic mass is 10.2. The van der Waals surface area contributed by atoms with Crippen molar-refractivity contribution >= 4 is 22.9 Å². The van der Waals surface area contributed by atoms with E-state index in [1.54, 1.807) is 18.4 Å². The van der Waals surface area contributed by atoms with Crippen LogP contribution in [0.25, 0.3) is 0 Å². The number of hydrogen-bond acceptors (Lipinski definition) is 5. The third-order valence-electron chi connectivity index (χ3n) is 2.85. The zero-order valence-electron chi connectivity index (χ0n) is 12.2. The number of aromatic nitrogens is 1. The summed E-state index contributed by atoms with van der Waals surface area (Å²) in [4.78, 5) is 4.36. The van der Waals surface area contributed by atoms with Crippen LogP contribution in [0.4, 0.5) is 0 Å². The fourth-order valence-corrected chi connectivity index (χ4v) is 2.66. The van der Waals surface area contributed by atoms with Gasteiger partial charge in [0.25, 0.3) is 0 Å². The second-order valence-corrected chi connectivity index (χ2v) is 6.05. The quantitative estimate of drug-likeness (QED) is 0.755. The maximum atomic E-state index is 6.25. The van der Waals surface area contributed by atoms with Gasteiger partial charge in [-0.25, -0.2) is 4.98 Å². The molecule has 1 aromatic carbocycles. The Morgan fingerprint density at radius 1 is 1.38 bits per heavy atom. The molecule has 1 heterocycles. The number of thiazole rings is 1. The molecular formula is C15H19ClN2O2S. The molecule has 2 rings (SSSR count). The summed E-state index contributed by atoms with van der Waals surface area (Å²) in [7, 11) is 1.69. The van der Waals surface area contributed by atoms with Gasteiger partial charge in [0.2, 0.25) is 0 Å². The first-order valence-corrected chi connectivity index (χ1v) is 7.96. The summed E-state index contributed by atoms with van der Waals surface area (Å²) in [5.41, 5.74) is 2.05. The van der Waals surface area contributed by atoms with Crippen LogP contribution < -0.4 is 10.1 Å². The van der Waals surface area contributed by atoms with Crippen molar-refractivity contribution in [1.82, 2.24) is 10.3 Å². The maximum Gasteiger partial charge on any atom is 0.138 e. The standard InChI is InChI=1S/C15H19ClN2O2S/c1-11-18-13(10-21-11)9-20-15-4-3-12(7-14(15)16)8-17-5-6-19-2/h3-4,7,10,17H,5-6,8-9H2,1-2H3. The van der Waals surface area contributed by atoms with E-state index in [4.69, 9.17) is 21.1 Å². The minimum atomic E-state index is 0.440. The van der Waals surface area contributed by atoms with E-state index < -0.39 is 0 Å². The van der Waals surface area contributed by atoms with Crippen molar-refractivity contribution < 1.29 is 9.47 Å². The van der Waals surface area contributed by atoms with Crippen LogP contribution in [0.3, 0.4) is 0 Å². The number of nitrogens with zero attached hydrogens (tertiary/aromatic N) is 1. The van der Waals surface area contributed by atoms with Gasteiger partial charge < -0.3 is 14.8 Å². The summed E-state index contributed by atoms with van der Waals surface area (Å²) in [5, 5.41) is 6.93. The van der Waals surface area contributed by atoms with Crippen LogP contribution in [0, 0.1) is 6.92 Å². The first-order chi connectivity index (χ1) is 10.2. The highest BCUT2D eigenvalue weighted by Gasteiger charge is 2.05. The van der Waals surface area contributed by atoms with Crippen LogP contribution >= 0.6 is 22.9 Å². The molecule has 114 valence electrons. The highest BCUT2D eigenvalue weighted by molar-refractivity contribution is 7.09. The number of nitrogens with one attached hydrogen (secondary N) is 1. The molecule has 0 spiro atoms. The van der Waals surface area contributed by atoms with Gasteiger partial charge in [0.05, 0.1) is 22.3 Å². The Hall–Kier alpha value is -1.14. The van der Waals surface area contributed by atoms with Gasteiger partial charge >= 0.3 is 0 Å². The molecule has 6 heteroatoms. The predicted molar refractivity (Wildman–Crippen MR) is 86.2 cm³/mol. The van der Waals surface area contributed by atoms with Crippen molar-refractivity contribution in [2.45, 2.75) is 20.1 Å². The van der Waals surface area contributed by atoms with E-state index in [1.165, 1.54) is 0 Å². The summed E-state index contributed by atoms with van der Waals surface area (Å²) < 4.78 is 10.7. The smallest absolute Gasteiger partial charge is 0.138 e. The van der Waals surface area contributed by atoms with Gasteiger partial charge in [-0.3, -0.25) is 0 Å². The molecule has 1 N–H and O–H groups in total. The molecule has 0 radical (unpaired) electrons. The lowest BCUT2D eigenvalue weighted by molar-refractivity contribution is 0.199. The Kier molecular flexibility index (Phi) is 6.45. The number of hydrogen-bond donors (Lipinski definition) is 1. The molecule has 0 amide bonds. The zero-order chi connectivity index (χ0) is 15.1. The number of benzene rings is 1. The van der Waals surface area contributed by atoms with E-state index in [0.717, 1.165) is 29.4 Å². The highest BCUT2D eigenvalue weighted by Crippen LogP contribution is 2.26. The summed E-state index contributed by atoms with van der Waals surface area (Å²) in [5.74, 6) is 0.683. The average Bonchev–Trinajstić information content (AvgIpc) is 2.88. The molecule has 0 aliphatic rings. The number of aryl methyl sites for hydroxylation is 1. The van der Waals surface area contributed by atoms with E-state index in [1.807, 2.05) is 30.5 Å². The second-order valence-electron chi connectivity index (χ2n) is 4.58. The van der Waals surface area contributed by atoms with Crippen molar-refractivity contribution in [3.05, 3.63) is 44.9 Å². The topological polar surface area (TPSA) is 43.4 Å². The van der Waals surface area contributed by atoms with Gasteiger partial charge in [0.1, 0.15) is 12.4 Å². The molecule has 0 saturated carbocycles. The Morgan fingerprint density at radius 3 is 2.90 bits per heavy atom. The summed E-state index contributed by atoms with van der Waals surface area (Å²) in [6.45, 7) is 4.69. The predicted octanol–water partition coefficient (Wildman–Crippen LogP) is 3.42. The number of ether oxygens (including phenoxy) is 2. The summed E-state index contributed by atoms with van der Waals surface area (Å²) in [6.07, 6.45) is 0. The zero-order valence-corrected chi connectivity index (χ0v) is 13.8. The molecule has 0 unspecified atom stereocenters. The average molecular weight is 327 g/mol. The third kappa shape index (κ3) is 5.28. The fourth-order valence-electron chi connectivity index (χ4n) is 1.80. The highest BCUT2D eigenvalue weighted by atomic mass is 35.5. The van der Waals surface area contributed by atoms with E-state index >= 15 is 0 Å². The van der Waals surface area contributed by atoms with Crippen LogP contribution in [-0.4, -0.2) is 25.2 Å². The van der Waals surface area contributed by atoms with Crippen molar-refractivity contribution in [3.63, 3.8) is 0 Å². The van der Waals surface area contributed by atoms with Crippen LogP contribution in [0.1, 0.15) is 16.3 Å². The van der Waals surface area contributed by atoms with Gasteiger partial charge in [-0.2, -0.15) is 0 Å². The first kappa shape index (κ1) is 16.2. The van der Waals surface area contributed by atoms with Crippen LogP contribution in [-0.2, 0) is 17.9 Å². The molecule has 0 aliphatic carbocycles. The molecule has 21 heavy (non-hydrogen) atoms. The Balaban J connectivity index is 1.86. The normalized spacial score (nSPS) is 10.8. The maximum absolute atomic E-state index is 6.25. The molecule has 2 aromatic rings. The molecule has 1 aromatic heterocycles. The third-order valence-corrected chi connectivity index (χ3v) is 3.97. The molecule has 0 aliphatic heterocycles. The molecular weight excluding hydrogens is 308 g/mol. The molecule has 0 fully saturated rings.